The first-order chi connectivity index (χ1) is 6.72. The highest BCUT2D eigenvalue weighted by atomic mass is 16.3. The molecule has 1 atom stereocenters. The van der Waals surface area contributed by atoms with Crippen LogP contribution in [0.2, 0.25) is 0 Å². The summed E-state index contributed by atoms with van der Waals surface area (Å²) >= 11 is 0. The summed E-state index contributed by atoms with van der Waals surface area (Å²) in [5, 5.41) is 12.7. The number of hydrogen-bond donors (Lipinski definition) is 2. The average Bonchev–Trinajstić information content (AvgIpc) is 2.15. The molecule has 0 radical (unpaired) electrons. The van der Waals surface area contributed by atoms with Crippen LogP contribution < -0.4 is 5.32 Å². The van der Waals surface area contributed by atoms with E-state index in [4.69, 9.17) is 0 Å². The number of rotatable bonds is 5. The third-order valence-corrected chi connectivity index (χ3v) is 2.06. The highest BCUT2D eigenvalue weighted by molar-refractivity contribution is 5.42. The van der Waals surface area contributed by atoms with E-state index in [-0.39, 0.29) is 6.10 Å². The lowest BCUT2D eigenvalue weighted by molar-refractivity contribution is 0.176. The SMILES string of the molecule is CCCC(O)CNc1ccnc(C)c1. The molecule has 0 spiro atoms. The monoisotopic (exact) mass is 194 g/mol. The van der Waals surface area contributed by atoms with Gasteiger partial charge in [0.2, 0.25) is 0 Å². The number of aromatic nitrogens is 1. The Hall–Kier alpha value is -1.09. The Bertz CT molecular complexity index is 276. The average molecular weight is 194 g/mol. The molecule has 78 valence electrons. The van der Waals surface area contributed by atoms with Crippen molar-refractivity contribution >= 4 is 5.69 Å². The van der Waals surface area contributed by atoms with Gasteiger partial charge in [0.15, 0.2) is 0 Å². The first-order valence-corrected chi connectivity index (χ1v) is 5.07. The number of nitrogens with zero attached hydrogens (tertiary/aromatic N) is 1. The molecule has 3 heteroatoms. The van der Waals surface area contributed by atoms with Gasteiger partial charge in [0.25, 0.3) is 0 Å². The Morgan fingerprint density at radius 2 is 2.36 bits per heavy atom. The zero-order valence-electron chi connectivity index (χ0n) is 8.83. The summed E-state index contributed by atoms with van der Waals surface area (Å²) in [6.45, 7) is 4.63. The Balaban J connectivity index is 2.37. The molecule has 0 fully saturated rings. The first-order valence-electron chi connectivity index (χ1n) is 5.07. The van der Waals surface area contributed by atoms with E-state index in [1.807, 2.05) is 19.1 Å². The fourth-order valence-corrected chi connectivity index (χ4v) is 1.33. The molecule has 1 aromatic rings. The second-order valence-electron chi connectivity index (χ2n) is 3.51. The van der Waals surface area contributed by atoms with E-state index in [1.165, 1.54) is 0 Å². The van der Waals surface area contributed by atoms with E-state index in [1.54, 1.807) is 6.20 Å². The zero-order chi connectivity index (χ0) is 10.4. The van der Waals surface area contributed by atoms with Crippen LogP contribution in [0, 0.1) is 6.92 Å². The number of nitrogens with one attached hydrogen (secondary N) is 1. The fraction of sp³-hybridized carbons (Fsp3) is 0.545. The van der Waals surface area contributed by atoms with Gasteiger partial charge in [0, 0.05) is 24.1 Å². The summed E-state index contributed by atoms with van der Waals surface area (Å²) < 4.78 is 0. The lowest BCUT2D eigenvalue weighted by Gasteiger charge is -2.11. The van der Waals surface area contributed by atoms with Crippen molar-refractivity contribution in [2.75, 3.05) is 11.9 Å². The van der Waals surface area contributed by atoms with Crippen LogP contribution in [-0.2, 0) is 0 Å². The van der Waals surface area contributed by atoms with Crippen molar-refractivity contribution in [3.8, 4) is 0 Å². The molecule has 0 saturated carbocycles. The van der Waals surface area contributed by atoms with Crippen molar-refractivity contribution < 1.29 is 5.11 Å². The van der Waals surface area contributed by atoms with E-state index >= 15 is 0 Å². The number of anilines is 1. The number of aliphatic hydroxyl groups is 1. The van der Waals surface area contributed by atoms with Gasteiger partial charge in [-0.3, -0.25) is 4.98 Å². The Morgan fingerprint density at radius 1 is 1.57 bits per heavy atom. The lowest BCUT2D eigenvalue weighted by atomic mass is 10.2. The van der Waals surface area contributed by atoms with Crippen molar-refractivity contribution in [1.29, 1.82) is 0 Å². The maximum atomic E-state index is 9.50. The van der Waals surface area contributed by atoms with Crippen molar-refractivity contribution in [3.05, 3.63) is 24.0 Å². The van der Waals surface area contributed by atoms with Crippen LogP contribution in [0.5, 0.6) is 0 Å². The molecule has 1 rings (SSSR count). The van der Waals surface area contributed by atoms with Crippen molar-refractivity contribution in [1.82, 2.24) is 4.98 Å². The summed E-state index contributed by atoms with van der Waals surface area (Å²) in [5.74, 6) is 0. The molecule has 0 bridgehead atoms. The summed E-state index contributed by atoms with van der Waals surface area (Å²) in [5.41, 5.74) is 2.01. The largest absolute Gasteiger partial charge is 0.391 e. The molecule has 14 heavy (non-hydrogen) atoms. The van der Waals surface area contributed by atoms with E-state index < -0.39 is 0 Å². The van der Waals surface area contributed by atoms with Crippen LogP contribution in [0.25, 0.3) is 0 Å². The van der Waals surface area contributed by atoms with Crippen molar-refractivity contribution in [3.63, 3.8) is 0 Å². The van der Waals surface area contributed by atoms with Crippen molar-refractivity contribution in [2.24, 2.45) is 0 Å². The molecule has 1 aromatic heterocycles. The van der Waals surface area contributed by atoms with Gasteiger partial charge in [0.1, 0.15) is 0 Å². The Morgan fingerprint density at radius 3 is 3.00 bits per heavy atom. The quantitative estimate of drug-likeness (QED) is 0.753. The summed E-state index contributed by atoms with van der Waals surface area (Å²) in [7, 11) is 0. The van der Waals surface area contributed by atoms with E-state index in [0.29, 0.717) is 6.54 Å². The van der Waals surface area contributed by atoms with Gasteiger partial charge in [0.05, 0.1) is 6.10 Å². The Kier molecular flexibility index (Phi) is 4.40. The molecule has 0 saturated heterocycles. The third kappa shape index (κ3) is 3.75. The summed E-state index contributed by atoms with van der Waals surface area (Å²) in [6.07, 6.45) is 3.37. The van der Waals surface area contributed by atoms with Gasteiger partial charge in [-0.05, 0) is 25.5 Å². The second kappa shape index (κ2) is 5.60. The first kappa shape index (κ1) is 11.0. The topological polar surface area (TPSA) is 45.1 Å². The zero-order valence-corrected chi connectivity index (χ0v) is 8.83. The van der Waals surface area contributed by atoms with Crippen LogP contribution in [0.15, 0.2) is 18.3 Å². The van der Waals surface area contributed by atoms with Gasteiger partial charge in [-0.2, -0.15) is 0 Å². The van der Waals surface area contributed by atoms with Crippen LogP contribution in [0.1, 0.15) is 25.5 Å². The number of aryl methyl sites for hydroxylation is 1. The van der Waals surface area contributed by atoms with Gasteiger partial charge < -0.3 is 10.4 Å². The Labute approximate surface area is 85.2 Å². The minimum atomic E-state index is -0.256. The molecule has 2 N–H and O–H groups in total. The summed E-state index contributed by atoms with van der Waals surface area (Å²) in [6, 6.07) is 3.88. The standard InChI is InChI=1S/C11H18N2O/c1-3-4-11(14)8-13-10-5-6-12-9(2)7-10/h5-7,11,14H,3-4,8H2,1-2H3,(H,12,13). The molecule has 0 aliphatic carbocycles. The molecule has 0 aliphatic heterocycles. The van der Waals surface area contributed by atoms with Crippen LogP contribution in [-0.4, -0.2) is 22.7 Å². The van der Waals surface area contributed by atoms with Gasteiger partial charge in [-0.1, -0.05) is 13.3 Å². The fourth-order valence-electron chi connectivity index (χ4n) is 1.33. The molecule has 0 aliphatic rings. The van der Waals surface area contributed by atoms with Gasteiger partial charge >= 0.3 is 0 Å². The van der Waals surface area contributed by atoms with Crippen LogP contribution in [0.4, 0.5) is 5.69 Å². The second-order valence-corrected chi connectivity index (χ2v) is 3.51. The highest BCUT2D eigenvalue weighted by Crippen LogP contribution is 2.07. The number of hydrogen-bond acceptors (Lipinski definition) is 3. The van der Waals surface area contributed by atoms with Crippen molar-refractivity contribution in [2.45, 2.75) is 32.8 Å². The predicted molar refractivity (Wildman–Crippen MR) is 58.4 cm³/mol. The molecule has 0 amide bonds. The number of aliphatic hydroxyl groups excluding tert-OH is 1. The van der Waals surface area contributed by atoms with E-state index in [9.17, 15) is 5.11 Å². The minimum absolute atomic E-state index is 0.256. The van der Waals surface area contributed by atoms with Crippen LogP contribution in [0.3, 0.4) is 0 Å². The van der Waals surface area contributed by atoms with Gasteiger partial charge in [-0.25, -0.2) is 0 Å². The van der Waals surface area contributed by atoms with E-state index in [0.717, 1.165) is 24.2 Å². The maximum absolute atomic E-state index is 9.50. The predicted octanol–water partition coefficient (Wildman–Crippen LogP) is 1.96. The lowest BCUT2D eigenvalue weighted by Crippen LogP contribution is -2.18. The molecular weight excluding hydrogens is 176 g/mol. The molecule has 1 heterocycles. The van der Waals surface area contributed by atoms with E-state index in [2.05, 4.69) is 17.2 Å². The molecule has 1 unspecified atom stereocenters. The van der Waals surface area contributed by atoms with Crippen LogP contribution >= 0.6 is 0 Å². The van der Waals surface area contributed by atoms with Gasteiger partial charge in [-0.15, -0.1) is 0 Å². The maximum Gasteiger partial charge on any atom is 0.0712 e. The number of pyridine rings is 1. The third-order valence-electron chi connectivity index (χ3n) is 2.06. The minimum Gasteiger partial charge on any atom is -0.391 e. The normalized spacial score (nSPS) is 12.5. The molecule has 0 aromatic carbocycles. The molecular formula is C11H18N2O. The molecule has 3 nitrogen and oxygen atoms in total. The highest BCUT2D eigenvalue weighted by Gasteiger charge is 2.01. The summed E-state index contributed by atoms with van der Waals surface area (Å²) in [4.78, 5) is 4.10. The smallest absolute Gasteiger partial charge is 0.0712 e.